The number of ether oxygens (including phenoxy) is 2. The van der Waals surface area contributed by atoms with Gasteiger partial charge in [0.2, 0.25) is 0 Å². The Morgan fingerprint density at radius 1 is 1.44 bits per heavy atom. The number of nitrogens with one attached hydrogen (secondary N) is 1. The van der Waals surface area contributed by atoms with Gasteiger partial charge in [-0.05, 0) is 20.0 Å². The summed E-state index contributed by atoms with van der Waals surface area (Å²) in [6.45, 7) is 2.96. The summed E-state index contributed by atoms with van der Waals surface area (Å²) in [5.41, 5.74) is 0.739. The smallest absolute Gasteiger partial charge is 0.166 e. The van der Waals surface area contributed by atoms with Gasteiger partial charge in [-0.15, -0.1) is 0 Å². The van der Waals surface area contributed by atoms with E-state index >= 15 is 0 Å². The average molecular weight is 225 g/mol. The molecule has 0 aromatic heterocycles. The molecule has 0 aliphatic carbocycles. The van der Waals surface area contributed by atoms with E-state index in [1.807, 2.05) is 25.1 Å². The minimum Gasteiger partial charge on any atom is -0.492 e. The summed E-state index contributed by atoms with van der Waals surface area (Å²) in [6.07, 6.45) is -0.597. The topological polar surface area (TPSA) is 50.7 Å². The molecule has 4 heteroatoms. The predicted octanol–water partition coefficient (Wildman–Crippen LogP) is 1.35. The summed E-state index contributed by atoms with van der Waals surface area (Å²) in [7, 11) is 3.37. The Kier molecular flexibility index (Phi) is 5.08. The highest BCUT2D eigenvalue weighted by molar-refractivity contribution is 5.47. The van der Waals surface area contributed by atoms with Gasteiger partial charge >= 0.3 is 0 Å². The molecule has 0 heterocycles. The lowest BCUT2D eigenvalue weighted by Gasteiger charge is -2.17. The highest BCUT2D eigenvalue weighted by Gasteiger charge is 2.16. The van der Waals surface area contributed by atoms with E-state index in [1.165, 1.54) is 0 Å². The number of benzene rings is 1. The van der Waals surface area contributed by atoms with Crippen LogP contribution in [-0.2, 0) is 0 Å². The SMILES string of the molecule is CCOc1cccc(C(O)CNC)c1OC. The van der Waals surface area contributed by atoms with Crippen molar-refractivity contribution < 1.29 is 14.6 Å². The van der Waals surface area contributed by atoms with Gasteiger partial charge in [0.1, 0.15) is 0 Å². The van der Waals surface area contributed by atoms with Crippen LogP contribution in [0.25, 0.3) is 0 Å². The fraction of sp³-hybridized carbons (Fsp3) is 0.500. The molecule has 90 valence electrons. The lowest BCUT2D eigenvalue weighted by molar-refractivity contribution is 0.172. The number of aliphatic hydroxyl groups is 1. The number of likely N-dealkylation sites (N-methyl/N-ethyl adjacent to an activating group) is 1. The van der Waals surface area contributed by atoms with Gasteiger partial charge in [-0.2, -0.15) is 0 Å². The van der Waals surface area contributed by atoms with Crippen LogP contribution in [0.2, 0.25) is 0 Å². The lowest BCUT2D eigenvalue weighted by atomic mass is 10.1. The van der Waals surface area contributed by atoms with Crippen LogP contribution < -0.4 is 14.8 Å². The quantitative estimate of drug-likeness (QED) is 0.767. The number of rotatable bonds is 6. The molecule has 2 N–H and O–H groups in total. The monoisotopic (exact) mass is 225 g/mol. The molecule has 0 aliphatic rings. The number of hydrogen-bond acceptors (Lipinski definition) is 4. The first-order valence-electron chi connectivity index (χ1n) is 5.36. The third kappa shape index (κ3) is 2.87. The van der Waals surface area contributed by atoms with Crippen LogP contribution in [-0.4, -0.2) is 32.4 Å². The van der Waals surface area contributed by atoms with Gasteiger partial charge in [0.15, 0.2) is 11.5 Å². The molecular formula is C12H19NO3. The molecule has 1 aromatic carbocycles. The Balaban J connectivity index is 3.02. The molecule has 0 spiro atoms. The minimum absolute atomic E-state index is 0.478. The van der Waals surface area contributed by atoms with Crippen molar-refractivity contribution in [2.45, 2.75) is 13.0 Å². The first-order valence-corrected chi connectivity index (χ1v) is 5.36. The van der Waals surface area contributed by atoms with Crippen LogP contribution in [0.3, 0.4) is 0 Å². The zero-order valence-electron chi connectivity index (χ0n) is 9.99. The Labute approximate surface area is 96.2 Å². The molecule has 1 rings (SSSR count). The van der Waals surface area contributed by atoms with Crippen molar-refractivity contribution in [2.24, 2.45) is 0 Å². The third-order valence-corrected chi connectivity index (χ3v) is 2.27. The van der Waals surface area contributed by atoms with Crippen molar-refractivity contribution in [3.8, 4) is 11.5 Å². The van der Waals surface area contributed by atoms with Crippen molar-refractivity contribution >= 4 is 0 Å². The van der Waals surface area contributed by atoms with Crippen LogP contribution in [0.15, 0.2) is 18.2 Å². The molecule has 4 nitrogen and oxygen atoms in total. The molecule has 1 atom stereocenters. The normalized spacial score (nSPS) is 12.2. The molecule has 0 bridgehead atoms. The van der Waals surface area contributed by atoms with E-state index in [-0.39, 0.29) is 0 Å². The Morgan fingerprint density at radius 2 is 2.19 bits per heavy atom. The van der Waals surface area contributed by atoms with Gasteiger partial charge < -0.3 is 19.9 Å². The molecule has 16 heavy (non-hydrogen) atoms. The summed E-state index contributed by atoms with van der Waals surface area (Å²) >= 11 is 0. The third-order valence-electron chi connectivity index (χ3n) is 2.27. The van der Waals surface area contributed by atoms with E-state index in [0.29, 0.717) is 24.7 Å². The summed E-state index contributed by atoms with van der Waals surface area (Å²) in [5, 5.41) is 12.8. The molecule has 1 aromatic rings. The summed E-state index contributed by atoms with van der Waals surface area (Å²) in [4.78, 5) is 0. The second-order valence-electron chi connectivity index (χ2n) is 3.39. The average Bonchev–Trinajstić information content (AvgIpc) is 2.29. The van der Waals surface area contributed by atoms with Crippen molar-refractivity contribution in [1.29, 1.82) is 0 Å². The second-order valence-corrected chi connectivity index (χ2v) is 3.39. The molecule has 0 amide bonds. The zero-order chi connectivity index (χ0) is 12.0. The van der Waals surface area contributed by atoms with Gasteiger partial charge in [-0.25, -0.2) is 0 Å². The van der Waals surface area contributed by atoms with Crippen LogP contribution in [0.1, 0.15) is 18.6 Å². The van der Waals surface area contributed by atoms with E-state index in [0.717, 1.165) is 5.56 Å². The molecule has 0 saturated carbocycles. The fourth-order valence-electron chi connectivity index (χ4n) is 1.59. The van der Waals surface area contributed by atoms with E-state index in [2.05, 4.69) is 5.32 Å². The molecular weight excluding hydrogens is 206 g/mol. The standard InChI is InChI=1S/C12H19NO3/c1-4-16-11-7-5-6-9(12(11)15-3)10(14)8-13-2/h5-7,10,13-14H,4,8H2,1-3H3. The maximum atomic E-state index is 9.93. The van der Waals surface area contributed by atoms with Crippen molar-refractivity contribution in [3.63, 3.8) is 0 Å². The highest BCUT2D eigenvalue weighted by atomic mass is 16.5. The number of hydrogen-bond donors (Lipinski definition) is 2. The zero-order valence-corrected chi connectivity index (χ0v) is 9.99. The van der Waals surface area contributed by atoms with Crippen LogP contribution in [0.4, 0.5) is 0 Å². The van der Waals surface area contributed by atoms with Gasteiger partial charge in [-0.1, -0.05) is 12.1 Å². The Morgan fingerprint density at radius 3 is 2.75 bits per heavy atom. The lowest BCUT2D eigenvalue weighted by Crippen LogP contribution is -2.17. The summed E-state index contributed by atoms with van der Waals surface area (Å²) < 4.78 is 10.7. The molecule has 0 saturated heterocycles. The van der Waals surface area contributed by atoms with Crippen molar-refractivity contribution in [3.05, 3.63) is 23.8 Å². The van der Waals surface area contributed by atoms with Gasteiger partial charge in [-0.3, -0.25) is 0 Å². The number of aliphatic hydroxyl groups excluding tert-OH is 1. The minimum atomic E-state index is -0.597. The van der Waals surface area contributed by atoms with Crippen LogP contribution in [0.5, 0.6) is 11.5 Å². The van der Waals surface area contributed by atoms with E-state index in [9.17, 15) is 5.11 Å². The van der Waals surface area contributed by atoms with E-state index in [1.54, 1.807) is 14.2 Å². The predicted molar refractivity (Wildman–Crippen MR) is 63.0 cm³/mol. The first kappa shape index (κ1) is 12.8. The second kappa shape index (κ2) is 6.35. The summed E-state index contributed by atoms with van der Waals surface area (Å²) in [5.74, 6) is 1.27. The number of methoxy groups -OCH3 is 1. The van der Waals surface area contributed by atoms with Gasteiger partial charge in [0, 0.05) is 12.1 Å². The van der Waals surface area contributed by atoms with Crippen molar-refractivity contribution in [2.75, 3.05) is 27.3 Å². The van der Waals surface area contributed by atoms with Gasteiger partial charge in [0.25, 0.3) is 0 Å². The number of para-hydroxylation sites is 1. The highest BCUT2D eigenvalue weighted by Crippen LogP contribution is 2.34. The Bertz CT molecular complexity index is 328. The summed E-state index contributed by atoms with van der Waals surface area (Å²) in [6, 6.07) is 5.52. The largest absolute Gasteiger partial charge is 0.492 e. The van der Waals surface area contributed by atoms with Gasteiger partial charge in [0.05, 0.1) is 19.8 Å². The van der Waals surface area contributed by atoms with Crippen LogP contribution >= 0.6 is 0 Å². The van der Waals surface area contributed by atoms with E-state index in [4.69, 9.17) is 9.47 Å². The molecule has 0 radical (unpaired) electrons. The maximum absolute atomic E-state index is 9.93. The molecule has 0 aliphatic heterocycles. The maximum Gasteiger partial charge on any atom is 0.166 e. The van der Waals surface area contributed by atoms with Crippen LogP contribution in [0, 0.1) is 0 Å². The fourth-order valence-corrected chi connectivity index (χ4v) is 1.59. The Hall–Kier alpha value is -1.26. The first-order chi connectivity index (χ1) is 7.74. The molecule has 1 unspecified atom stereocenters. The van der Waals surface area contributed by atoms with E-state index < -0.39 is 6.10 Å². The van der Waals surface area contributed by atoms with Crippen molar-refractivity contribution in [1.82, 2.24) is 5.32 Å². The molecule has 0 fully saturated rings.